The highest BCUT2D eigenvalue weighted by molar-refractivity contribution is 6.63. The van der Waals surface area contributed by atoms with E-state index in [1.807, 2.05) is 12.1 Å². The van der Waals surface area contributed by atoms with Gasteiger partial charge in [-0.25, -0.2) is 0 Å². The second-order valence-electron chi connectivity index (χ2n) is 5.20. The molecule has 1 aliphatic heterocycles. The summed E-state index contributed by atoms with van der Waals surface area (Å²) in [6.45, 7) is 2.48. The van der Waals surface area contributed by atoms with Crippen LogP contribution in [0.4, 0.5) is 0 Å². The highest BCUT2D eigenvalue weighted by Gasteiger charge is 2.18. The summed E-state index contributed by atoms with van der Waals surface area (Å²) in [5.41, 5.74) is 1.21. The summed E-state index contributed by atoms with van der Waals surface area (Å²) in [6.07, 6.45) is 5.89. The third-order valence-electron chi connectivity index (χ3n) is 3.71. The van der Waals surface area contributed by atoms with E-state index < -0.39 is 0 Å². The number of fused-ring (bicyclic) bond motifs is 1. The topological polar surface area (TPSA) is 35.5 Å². The molecule has 0 bridgehead atoms. The molecule has 110 valence electrons. The number of carbonyl (C=O) groups is 1. The summed E-state index contributed by atoms with van der Waals surface area (Å²) in [7, 11) is 0. The lowest BCUT2D eigenvalue weighted by atomic mass is 9.89. The fraction of sp³-hybridized carbons (Fsp3) is 0.562. The Morgan fingerprint density at radius 3 is 2.80 bits per heavy atom. The minimum absolute atomic E-state index is 0.258. The third-order valence-corrected chi connectivity index (χ3v) is 3.90. The van der Waals surface area contributed by atoms with Gasteiger partial charge in [0, 0.05) is 6.42 Å². The Balaban J connectivity index is 2.05. The minimum atomic E-state index is -0.258. The number of hydrogen-bond acceptors (Lipinski definition) is 3. The zero-order valence-electron chi connectivity index (χ0n) is 11.9. The second kappa shape index (κ2) is 7.53. The van der Waals surface area contributed by atoms with Crippen molar-refractivity contribution >= 4 is 16.8 Å². The van der Waals surface area contributed by atoms with Crippen LogP contribution >= 0.6 is 11.6 Å². The molecule has 0 unspecified atom stereocenters. The number of benzene rings is 1. The Morgan fingerprint density at radius 2 is 2.05 bits per heavy atom. The molecule has 1 heterocycles. The Bertz CT molecular complexity index is 459. The normalized spacial score (nSPS) is 14.3. The van der Waals surface area contributed by atoms with Gasteiger partial charge in [0.2, 0.25) is 12.0 Å². The second-order valence-corrected chi connectivity index (χ2v) is 5.62. The molecule has 0 fully saturated rings. The number of halogens is 1. The lowest BCUT2D eigenvalue weighted by molar-refractivity contribution is -0.111. The van der Waals surface area contributed by atoms with Crippen molar-refractivity contribution in [2.24, 2.45) is 0 Å². The highest BCUT2D eigenvalue weighted by Crippen LogP contribution is 2.37. The zero-order valence-corrected chi connectivity index (χ0v) is 12.6. The van der Waals surface area contributed by atoms with Crippen LogP contribution in [0, 0.1) is 0 Å². The molecule has 0 N–H and O–H groups in total. The smallest absolute Gasteiger partial charge is 0.231 e. The summed E-state index contributed by atoms with van der Waals surface area (Å²) in [5, 5.41) is -0.258. The lowest BCUT2D eigenvalue weighted by Gasteiger charge is -2.17. The molecular weight excluding hydrogens is 276 g/mol. The van der Waals surface area contributed by atoms with Gasteiger partial charge in [0.05, 0.1) is 0 Å². The molecule has 0 saturated carbocycles. The van der Waals surface area contributed by atoms with Gasteiger partial charge in [0.25, 0.3) is 0 Å². The van der Waals surface area contributed by atoms with Gasteiger partial charge in [-0.3, -0.25) is 4.79 Å². The fourth-order valence-corrected chi connectivity index (χ4v) is 2.68. The van der Waals surface area contributed by atoms with E-state index in [0.717, 1.165) is 24.3 Å². The first kappa shape index (κ1) is 15.2. The quantitative estimate of drug-likeness (QED) is 0.518. The molecule has 2 rings (SSSR count). The molecular formula is C16H21ClO3. The van der Waals surface area contributed by atoms with Crippen molar-refractivity contribution in [3.8, 4) is 11.5 Å². The van der Waals surface area contributed by atoms with E-state index in [0.29, 0.717) is 19.1 Å². The third kappa shape index (κ3) is 4.14. The maximum atomic E-state index is 11.0. The largest absolute Gasteiger partial charge is 0.454 e. The fourth-order valence-electron chi connectivity index (χ4n) is 2.57. The van der Waals surface area contributed by atoms with Crippen molar-refractivity contribution in [1.82, 2.24) is 0 Å². The predicted molar refractivity (Wildman–Crippen MR) is 79.5 cm³/mol. The van der Waals surface area contributed by atoms with Crippen LogP contribution in [0.2, 0.25) is 0 Å². The van der Waals surface area contributed by atoms with Crippen LogP contribution in [0.1, 0.15) is 56.9 Å². The summed E-state index contributed by atoms with van der Waals surface area (Å²) in [4.78, 5) is 11.0. The summed E-state index contributed by atoms with van der Waals surface area (Å²) >= 11 is 5.48. The average Bonchev–Trinajstić information content (AvgIpc) is 2.89. The molecule has 3 nitrogen and oxygen atoms in total. The molecule has 4 heteroatoms. The van der Waals surface area contributed by atoms with Crippen LogP contribution in [-0.2, 0) is 4.79 Å². The molecule has 0 aromatic heterocycles. The van der Waals surface area contributed by atoms with Gasteiger partial charge in [0.15, 0.2) is 11.5 Å². The number of carbonyl (C=O) groups excluding carboxylic acids is 1. The van der Waals surface area contributed by atoms with Gasteiger partial charge in [0.1, 0.15) is 0 Å². The van der Waals surface area contributed by atoms with Crippen LogP contribution in [0.15, 0.2) is 18.2 Å². The van der Waals surface area contributed by atoms with Crippen molar-refractivity contribution < 1.29 is 14.3 Å². The standard InChI is InChI=1S/C16H21ClO3/c1-2-3-4-5-12(7-9-16(17)18)13-6-8-14-15(10-13)20-11-19-14/h6,8,10,12H,2-5,7,9,11H2,1H3/t12-/m0/s1. The van der Waals surface area contributed by atoms with E-state index in [4.69, 9.17) is 21.1 Å². The summed E-state index contributed by atoms with van der Waals surface area (Å²) in [5.74, 6) is 1.97. The Kier molecular flexibility index (Phi) is 5.72. The van der Waals surface area contributed by atoms with E-state index in [-0.39, 0.29) is 5.24 Å². The van der Waals surface area contributed by atoms with Crippen LogP contribution < -0.4 is 9.47 Å². The van der Waals surface area contributed by atoms with Crippen molar-refractivity contribution in [2.75, 3.05) is 6.79 Å². The first-order valence-electron chi connectivity index (χ1n) is 7.28. The van der Waals surface area contributed by atoms with Gasteiger partial charge >= 0.3 is 0 Å². The van der Waals surface area contributed by atoms with E-state index in [9.17, 15) is 4.79 Å². The number of ether oxygens (including phenoxy) is 2. The zero-order chi connectivity index (χ0) is 14.4. The number of unbranched alkanes of at least 4 members (excludes halogenated alkanes) is 2. The van der Waals surface area contributed by atoms with Gasteiger partial charge in [-0.15, -0.1) is 0 Å². The van der Waals surface area contributed by atoms with E-state index >= 15 is 0 Å². The predicted octanol–water partition coefficient (Wildman–Crippen LogP) is 4.62. The highest BCUT2D eigenvalue weighted by atomic mass is 35.5. The van der Waals surface area contributed by atoms with Crippen LogP contribution in [0.5, 0.6) is 11.5 Å². The van der Waals surface area contributed by atoms with Gasteiger partial charge in [-0.05, 0) is 48.1 Å². The van der Waals surface area contributed by atoms with Crippen LogP contribution in [0.3, 0.4) is 0 Å². The maximum absolute atomic E-state index is 11.0. The monoisotopic (exact) mass is 296 g/mol. The molecule has 0 spiro atoms. The Labute approximate surface area is 125 Å². The van der Waals surface area contributed by atoms with Crippen molar-refractivity contribution in [3.63, 3.8) is 0 Å². The van der Waals surface area contributed by atoms with E-state index in [1.165, 1.54) is 24.8 Å². The molecule has 1 atom stereocenters. The molecule has 1 aromatic carbocycles. The molecule has 1 aromatic rings. The minimum Gasteiger partial charge on any atom is -0.454 e. The van der Waals surface area contributed by atoms with Crippen LogP contribution in [0.25, 0.3) is 0 Å². The molecule has 20 heavy (non-hydrogen) atoms. The number of hydrogen-bond donors (Lipinski definition) is 0. The average molecular weight is 297 g/mol. The Morgan fingerprint density at radius 1 is 1.25 bits per heavy atom. The first-order chi connectivity index (χ1) is 9.70. The van der Waals surface area contributed by atoms with Crippen molar-refractivity contribution in [1.29, 1.82) is 0 Å². The number of rotatable bonds is 8. The molecule has 0 aliphatic carbocycles. The SMILES string of the molecule is CCCCC[C@@H](CCC(=O)Cl)c1ccc2c(c1)OCO2. The molecule has 0 amide bonds. The first-order valence-corrected chi connectivity index (χ1v) is 7.66. The molecule has 0 saturated heterocycles. The molecule has 0 radical (unpaired) electrons. The Hall–Kier alpha value is -1.22. The van der Waals surface area contributed by atoms with E-state index in [1.54, 1.807) is 0 Å². The van der Waals surface area contributed by atoms with Crippen LogP contribution in [-0.4, -0.2) is 12.0 Å². The summed E-state index contributed by atoms with van der Waals surface area (Å²) < 4.78 is 10.8. The van der Waals surface area contributed by atoms with Gasteiger partial charge < -0.3 is 9.47 Å². The van der Waals surface area contributed by atoms with Crippen molar-refractivity contribution in [2.45, 2.75) is 51.4 Å². The molecule has 1 aliphatic rings. The maximum Gasteiger partial charge on any atom is 0.231 e. The van der Waals surface area contributed by atoms with Crippen molar-refractivity contribution in [3.05, 3.63) is 23.8 Å². The summed E-state index contributed by atoms with van der Waals surface area (Å²) in [6, 6.07) is 6.06. The lowest BCUT2D eigenvalue weighted by Crippen LogP contribution is -2.02. The van der Waals surface area contributed by atoms with Gasteiger partial charge in [-0.1, -0.05) is 32.3 Å². The van der Waals surface area contributed by atoms with E-state index in [2.05, 4.69) is 13.0 Å². The van der Waals surface area contributed by atoms with Gasteiger partial charge in [-0.2, -0.15) is 0 Å².